The van der Waals surface area contributed by atoms with Gasteiger partial charge in [0, 0.05) is 5.38 Å². The molecule has 1 N–H and O–H groups in total. The van der Waals surface area contributed by atoms with Gasteiger partial charge in [-0.2, -0.15) is 0 Å². The van der Waals surface area contributed by atoms with Crippen LogP contribution in [0, 0.1) is 0 Å². The molecule has 1 saturated heterocycles. The van der Waals surface area contributed by atoms with Gasteiger partial charge in [-0.3, -0.25) is 0 Å². The predicted octanol–water partition coefficient (Wildman–Crippen LogP) is 1.39. The molecule has 0 aromatic carbocycles. The molecule has 7 heteroatoms. The van der Waals surface area contributed by atoms with E-state index in [1.54, 1.807) is 0 Å². The smallest absolute Gasteiger partial charge is 0.407 e. The van der Waals surface area contributed by atoms with Crippen molar-refractivity contribution in [3.63, 3.8) is 0 Å². The molecular formula is C9H12N2O4S. The highest BCUT2D eigenvalue weighted by Crippen LogP contribution is 2.31. The maximum Gasteiger partial charge on any atom is 0.407 e. The number of nitrogens with zero attached hydrogens (tertiary/aromatic N) is 1. The molecule has 0 radical (unpaired) electrons. The first-order chi connectivity index (χ1) is 7.69. The Morgan fingerprint density at radius 1 is 1.69 bits per heavy atom. The van der Waals surface area contributed by atoms with Crippen molar-refractivity contribution < 1.29 is 19.0 Å². The molecule has 2 heterocycles. The first-order valence-corrected chi connectivity index (χ1v) is 5.64. The molecule has 0 spiro atoms. The van der Waals surface area contributed by atoms with Gasteiger partial charge >= 0.3 is 6.09 Å². The largest absolute Gasteiger partial charge is 0.453 e. The summed E-state index contributed by atoms with van der Waals surface area (Å²) in [5, 5.41) is 5.19. The van der Waals surface area contributed by atoms with Gasteiger partial charge in [0.2, 0.25) is 6.29 Å². The number of alkyl carbamates (subject to hydrolysis) is 1. The maximum absolute atomic E-state index is 10.8. The standard InChI is InChI=1S/C9H12N2O4S/c1-5-14-8(15-5)6-4-16-7(11-6)3-10-9(12)13-2/h4-5,8H,3H2,1-2H3,(H,10,12). The van der Waals surface area contributed by atoms with Gasteiger partial charge in [-0.1, -0.05) is 0 Å². The third-order valence-corrected chi connectivity index (χ3v) is 2.88. The van der Waals surface area contributed by atoms with Gasteiger partial charge in [-0.15, -0.1) is 11.3 Å². The fourth-order valence-corrected chi connectivity index (χ4v) is 1.97. The van der Waals surface area contributed by atoms with Crippen LogP contribution in [0.25, 0.3) is 0 Å². The van der Waals surface area contributed by atoms with Gasteiger partial charge < -0.3 is 19.5 Å². The van der Waals surface area contributed by atoms with Crippen molar-refractivity contribution in [1.82, 2.24) is 10.3 Å². The summed E-state index contributed by atoms with van der Waals surface area (Å²) in [6.07, 6.45) is -0.997. The van der Waals surface area contributed by atoms with Gasteiger partial charge in [0.25, 0.3) is 0 Å². The second-order valence-corrected chi connectivity index (χ2v) is 4.13. The summed E-state index contributed by atoms with van der Waals surface area (Å²) in [6, 6.07) is 0. The number of methoxy groups -OCH3 is 1. The third kappa shape index (κ3) is 2.49. The molecule has 0 saturated carbocycles. The van der Waals surface area contributed by atoms with Crippen molar-refractivity contribution in [2.75, 3.05) is 7.11 Å². The van der Waals surface area contributed by atoms with E-state index in [0.29, 0.717) is 6.54 Å². The minimum atomic E-state index is -0.471. The summed E-state index contributed by atoms with van der Waals surface area (Å²) in [4.78, 5) is 15.1. The zero-order valence-corrected chi connectivity index (χ0v) is 9.74. The van der Waals surface area contributed by atoms with Crippen LogP contribution in [0.3, 0.4) is 0 Å². The SMILES string of the molecule is COC(=O)NCc1nc(C2OC(C)O2)cs1. The van der Waals surface area contributed by atoms with E-state index in [1.807, 2.05) is 12.3 Å². The van der Waals surface area contributed by atoms with Crippen LogP contribution in [0.15, 0.2) is 5.38 Å². The van der Waals surface area contributed by atoms with Gasteiger partial charge in [-0.05, 0) is 6.92 Å². The molecule has 6 nitrogen and oxygen atoms in total. The molecule has 1 aromatic rings. The molecule has 1 aliphatic rings. The van der Waals surface area contributed by atoms with E-state index in [1.165, 1.54) is 18.4 Å². The van der Waals surface area contributed by atoms with Gasteiger partial charge in [0.1, 0.15) is 10.7 Å². The monoisotopic (exact) mass is 244 g/mol. The van der Waals surface area contributed by atoms with Crippen LogP contribution in [-0.4, -0.2) is 24.5 Å². The minimum Gasteiger partial charge on any atom is -0.453 e. The quantitative estimate of drug-likeness (QED) is 0.870. The van der Waals surface area contributed by atoms with Crippen LogP contribution in [0.5, 0.6) is 0 Å². The van der Waals surface area contributed by atoms with Gasteiger partial charge in [-0.25, -0.2) is 9.78 Å². The molecule has 1 aromatic heterocycles. The van der Waals surface area contributed by atoms with E-state index in [2.05, 4.69) is 15.0 Å². The second-order valence-electron chi connectivity index (χ2n) is 3.18. The topological polar surface area (TPSA) is 69.7 Å². The summed E-state index contributed by atoms with van der Waals surface area (Å²) in [6.45, 7) is 2.17. The predicted molar refractivity (Wildman–Crippen MR) is 55.7 cm³/mol. The molecule has 1 amide bonds. The molecule has 1 fully saturated rings. The lowest BCUT2D eigenvalue weighted by Crippen LogP contribution is -2.31. The lowest BCUT2D eigenvalue weighted by molar-refractivity contribution is -0.383. The lowest BCUT2D eigenvalue weighted by atomic mass is 10.4. The first kappa shape index (κ1) is 11.3. The highest BCUT2D eigenvalue weighted by atomic mass is 32.1. The number of hydrogen-bond donors (Lipinski definition) is 1. The van der Waals surface area contributed by atoms with E-state index in [9.17, 15) is 4.79 Å². The number of ether oxygens (including phenoxy) is 3. The molecule has 88 valence electrons. The van der Waals surface area contributed by atoms with E-state index in [0.717, 1.165) is 10.7 Å². The Kier molecular flexibility index (Phi) is 3.37. The Morgan fingerprint density at radius 3 is 3.06 bits per heavy atom. The van der Waals surface area contributed by atoms with E-state index in [4.69, 9.17) is 9.47 Å². The minimum absolute atomic E-state index is 0.164. The molecule has 1 aliphatic heterocycles. The molecular weight excluding hydrogens is 232 g/mol. The van der Waals surface area contributed by atoms with Gasteiger partial charge in [0.15, 0.2) is 6.29 Å². The van der Waals surface area contributed by atoms with Crippen molar-refractivity contribution in [2.45, 2.75) is 26.0 Å². The number of amides is 1. The Balaban J connectivity index is 1.85. The molecule has 0 bridgehead atoms. The zero-order chi connectivity index (χ0) is 11.5. The third-order valence-electron chi connectivity index (χ3n) is 2.01. The molecule has 2 rings (SSSR count). The zero-order valence-electron chi connectivity index (χ0n) is 8.93. The van der Waals surface area contributed by atoms with Crippen LogP contribution >= 0.6 is 11.3 Å². The van der Waals surface area contributed by atoms with Crippen LogP contribution in [0.2, 0.25) is 0 Å². The van der Waals surface area contributed by atoms with Crippen LogP contribution in [0.1, 0.15) is 23.9 Å². The second kappa shape index (κ2) is 4.77. The van der Waals surface area contributed by atoms with Crippen molar-refractivity contribution in [3.05, 3.63) is 16.1 Å². The maximum atomic E-state index is 10.8. The average molecular weight is 244 g/mol. The summed E-state index contributed by atoms with van der Waals surface area (Å²) in [5.41, 5.74) is 0.741. The average Bonchev–Trinajstić information content (AvgIpc) is 2.69. The van der Waals surface area contributed by atoms with Crippen LogP contribution < -0.4 is 5.32 Å². The van der Waals surface area contributed by atoms with Gasteiger partial charge in [0.05, 0.1) is 13.7 Å². The fraction of sp³-hybridized carbons (Fsp3) is 0.556. The Morgan fingerprint density at radius 2 is 2.44 bits per heavy atom. The Labute approximate surface area is 96.5 Å². The summed E-state index contributed by atoms with van der Waals surface area (Å²) < 4.78 is 15.0. The number of carbonyl (C=O) groups is 1. The van der Waals surface area contributed by atoms with Crippen LogP contribution in [-0.2, 0) is 20.8 Å². The summed E-state index contributed by atoms with van der Waals surface area (Å²) in [7, 11) is 1.32. The van der Waals surface area contributed by atoms with Crippen molar-refractivity contribution in [1.29, 1.82) is 0 Å². The van der Waals surface area contributed by atoms with Crippen LogP contribution in [0.4, 0.5) is 4.79 Å². The number of rotatable bonds is 3. The fourth-order valence-electron chi connectivity index (χ4n) is 1.23. The number of hydrogen-bond acceptors (Lipinski definition) is 6. The number of thiazole rings is 1. The number of aromatic nitrogens is 1. The summed E-state index contributed by atoms with van der Waals surface area (Å²) >= 11 is 1.44. The Hall–Kier alpha value is -1.18. The lowest BCUT2D eigenvalue weighted by Gasteiger charge is -2.32. The first-order valence-electron chi connectivity index (χ1n) is 4.76. The van der Waals surface area contributed by atoms with Crippen molar-refractivity contribution >= 4 is 17.4 Å². The molecule has 0 atom stereocenters. The van der Waals surface area contributed by atoms with E-state index < -0.39 is 6.09 Å². The number of nitrogens with one attached hydrogen (secondary N) is 1. The number of carbonyl (C=O) groups excluding carboxylic acids is 1. The van der Waals surface area contributed by atoms with Crippen molar-refractivity contribution in [2.24, 2.45) is 0 Å². The highest BCUT2D eigenvalue weighted by molar-refractivity contribution is 7.09. The Bertz CT molecular complexity index is 375. The summed E-state index contributed by atoms with van der Waals surface area (Å²) in [5.74, 6) is 0. The van der Waals surface area contributed by atoms with E-state index >= 15 is 0 Å². The molecule has 0 aliphatic carbocycles. The molecule has 16 heavy (non-hydrogen) atoms. The van der Waals surface area contributed by atoms with Crippen molar-refractivity contribution in [3.8, 4) is 0 Å². The molecule has 0 unspecified atom stereocenters. The van der Waals surface area contributed by atoms with E-state index in [-0.39, 0.29) is 12.6 Å². The normalized spacial score (nSPS) is 23.6. The highest BCUT2D eigenvalue weighted by Gasteiger charge is 2.30.